The van der Waals surface area contributed by atoms with Gasteiger partial charge in [-0.1, -0.05) is 34.1 Å². The van der Waals surface area contributed by atoms with E-state index in [-0.39, 0.29) is 0 Å². The van der Waals surface area contributed by atoms with E-state index in [1.165, 1.54) is 38.8 Å². The number of rotatable bonds is 7. The molecular weight excluding hydrogens is 218 g/mol. The van der Waals surface area contributed by atoms with Gasteiger partial charge in [0, 0.05) is 6.54 Å². The van der Waals surface area contributed by atoms with Crippen LogP contribution in [0.15, 0.2) is 0 Å². The molecule has 0 aliphatic heterocycles. The molecule has 0 aromatic carbocycles. The molecule has 2 bridgehead atoms. The van der Waals surface area contributed by atoms with Crippen molar-refractivity contribution in [3.05, 3.63) is 0 Å². The Labute approximate surface area is 114 Å². The van der Waals surface area contributed by atoms with Gasteiger partial charge in [-0.25, -0.2) is 0 Å². The van der Waals surface area contributed by atoms with Crippen LogP contribution in [0.3, 0.4) is 0 Å². The summed E-state index contributed by atoms with van der Waals surface area (Å²) in [5.74, 6) is 4.01. The SMILES string of the molecule is CCC(C)(CNCC(C)C)CC1CC2CCC1C2. The van der Waals surface area contributed by atoms with Gasteiger partial charge in [-0.2, -0.15) is 0 Å². The summed E-state index contributed by atoms with van der Waals surface area (Å²) in [5, 5.41) is 3.69. The molecule has 0 aromatic heterocycles. The van der Waals surface area contributed by atoms with Gasteiger partial charge in [0.1, 0.15) is 0 Å². The Bertz CT molecular complexity index is 260. The summed E-state index contributed by atoms with van der Waals surface area (Å²) in [4.78, 5) is 0. The van der Waals surface area contributed by atoms with Crippen molar-refractivity contribution in [1.29, 1.82) is 0 Å². The Morgan fingerprint density at radius 2 is 2.00 bits per heavy atom. The molecule has 0 aromatic rings. The van der Waals surface area contributed by atoms with Crippen LogP contribution in [-0.4, -0.2) is 13.1 Å². The summed E-state index contributed by atoms with van der Waals surface area (Å²) in [5.41, 5.74) is 0.532. The average Bonchev–Trinajstić information content (AvgIpc) is 2.90. The normalized spacial score (nSPS) is 34.2. The molecule has 2 aliphatic rings. The smallest absolute Gasteiger partial charge is 0.000527 e. The molecule has 2 saturated carbocycles. The molecule has 0 heterocycles. The molecule has 106 valence electrons. The van der Waals surface area contributed by atoms with E-state index in [4.69, 9.17) is 0 Å². The van der Waals surface area contributed by atoms with E-state index in [9.17, 15) is 0 Å². The summed E-state index contributed by atoms with van der Waals surface area (Å²) in [6.45, 7) is 11.9. The predicted molar refractivity (Wildman–Crippen MR) is 79.7 cm³/mol. The van der Waals surface area contributed by atoms with Crippen molar-refractivity contribution in [2.75, 3.05) is 13.1 Å². The average molecular weight is 251 g/mol. The summed E-state index contributed by atoms with van der Waals surface area (Å²) in [6, 6.07) is 0. The second-order valence-electron chi connectivity index (χ2n) is 7.83. The molecule has 2 aliphatic carbocycles. The van der Waals surface area contributed by atoms with Gasteiger partial charge in [0.25, 0.3) is 0 Å². The Morgan fingerprint density at radius 1 is 1.22 bits per heavy atom. The van der Waals surface area contributed by atoms with Gasteiger partial charge in [0.05, 0.1) is 0 Å². The van der Waals surface area contributed by atoms with Crippen molar-refractivity contribution >= 4 is 0 Å². The van der Waals surface area contributed by atoms with Crippen LogP contribution in [0.25, 0.3) is 0 Å². The van der Waals surface area contributed by atoms with Crippen LogP contribution in [0, 0.1) is 29.1 Å². The number of hydrogen-bond acceptors (Lipinski definition) is 1. The molecule has 0 saturated heterocycles. The largest absolute Gasteiger partial charge is 0.316 e. The van der Waals surface area contributed by atoms with Crippen molar-refractivity contribution in [3.63, 3.8) is 0 Å². The topological polar surface area (TPSA) is 12.0 Å². The summed E-state index contributed by atoms with van der Waals surface area (Å²) in [7, 11) is 0. The zero-order valence-corrected chi connectivity index (χ0v) is 13.0. The fourth-order valence-electron chi connectivity index (χ4n) is 4.26. The quantitative estimate of drug-likeness (QED) is 0.703. The molecule has 18 heavy (non-hydrogen) atoms. The van der Waals surface area contributed by atoms with E-state index in [1.807, 2.05) is 0 Å². The first kappa shape index (κ1) is 14.4. The molecule has 2 fully saturated rings. The Hall–Kier alpha value is -0.0400. The highest BCUT2D eigenvalue weighted by molar-refractivity contribution is 4.93. The van der Waals surface area contributed by atoms with Gasteiger partial charge < -0.3 is 5.32 Å². The monoisotopic (exact) mass is 251 g/mol. The maximum absolute atomic E-state index is 3.69. The van der Waals surface area contributed by atoms with E-state index < -0.39 is 0 Å². The molecule has 2 rings (SSSR count). The minimum Gasteiger partial charge on any atom is -0.316 e. The second-order valence-corrected chi connectivity index (χ2v) is 7.83. The molecule has 0 spiro atoms. The third-order valence-corrected chi connectivity index (χ3v) is 5.60. The van der Waals surface area contributed by atoms with E-state index in [1.54, 1.807) is 12.8 Å². The Morgan fingerprint density at radius 3 is 2.50 bits per heavy atom. The van der Waals surface area contributed by atoms with Gasteiger partial charge in [0.2, 0.25) is 0 Å². The Kier molecular flexibility index (Phi) is 4.75. The minimum absolute atomic E-state index is 0.532. The lowest BCUT2D eigenvalue weighted by Gasteiger charge is -2.35. The number of hydrogen-bond donors (Lipinski definition) is 1. The summed E-state index contributed by atoms with van der Waals surface area (Å²) in [6.07, 6.45) is 8.97. The molecule has 0 amide bonds. The van der Waals surface area contributed by atoms with Crippen LogP contribution < -0.4 is 5.32 Å². The first-order chi connectivity index (χ1) is 8.52. The zero-order valence-electron chi connectivity index (χ0n) is 13.0. The van der Waals surface area contributed by atoms with Crippen molar-refractivity contribution in [2.45, 2.75) is 66.2 Å². The van der Waals surface area contributed by atoms with E-state index in [0.717, 1.165) is 23.7 Å². The van der Waals surface area contributed by atoms with Gasteiger partial charge in [-0.05, 0) is 67.7 Å². The number of nitrogens with one attached hydrogen (secondary N) is 1. The van der Waals surface area contributed by atoms with Gasteiger partial charge in [-0.3, -0.25) is 0 Å². The third kappa shape index (κ3) is 3.50. The summed E-state index contributed by atoms with van der Waals surface area (Å²) < 4.78 is 0. The standard InChI is InChI=1S/C17H33N/c1-5-17(4,12-18-11-13(2)3)10-16-9-14-6-7-15(16)8-14/h13-16,18H,5-12H2,1-4H3. The van der Waals surface area contributed by atoms with Gasteiger partial charge >= 0.3 is 0 Å². The highest BCUT2D eigenvalue weighted by atomic mass is 14.9. The van der Waals surface area contributed by atoms with Crippen molar-refractivity contribution in [3.8, 4) is 0 Å². The van der Waals surface area contributed by atoms with Crippen LogP contribution >= 0.6 is 0 Å². The lowest BCUT2D eigenvalue weighted by molar-refractivity contribution is 0.177. The number of fused-ring (bicyclic) bond motifs is 2. The highest BCUT2D eigenvalue weighted by Gasteiger charge is 2.41. The van der Waals surface area contributed by atoms with E-state index >= 15 is 0 Å². The molecule has 0 radical (unpaired) electrons. The van der Waals surface area contributed by atoms with Crippen LogP contribution in [0.4, 0.5) is 0 Å². The van der Waals surface area contributed by atoms with E-state index in [0.29, 0.717) is 5.41 Å². The zero-order chi connectivity index (χ0) is 13.2. The van der Waals surface area contributed by atoms with E-state index in [2.05, 4.69) is 33.0 Å². The molecular formula is C17H33N. The molecule has 4 unspecified atom stereocenters. The van der Waals surface area contributed by atoms with Crippen LogP contribution in [0.2, 0.25) is 0 Å². The fraction of sp³-hybridized carbons (Fsp3) is 1.00. The summed E-state index contributed by atoms with van der Waals surface area (Å²) >= 11 is 0. The fourth-order valence-corrected chi connectivity index (χ4v) is 4.26. The highest BCUT2D eigenvalue weighted by Crippen LogP contribution is 2.52. The van der Waals surface area contributed by atoms with Crippen LogP contribution in [0.1, 0.15) is 66.2 Å². The minimum atomic E-state index is 0.532. The van der Waals surface area contributed by atoms with Crippen LogP contribution in [-0.2, 0) is 0 Å². The lowest BCUT2D eigenvalue weighted by atomic mass is 9.73. The van der Waals surface area contributed by atoms with Crippen molar-refractivity contribution < 1.29 is 0 Å². The first-order valence-corrected chi connectivity index (χ1v) is 8.23. The molecule has 4 atom stereocenters. The maximum Gasteiger partial charge on any atom is 0.000527 e. The van der Waals surface area contributed by atoms with Crippen molar-refractivity contribution in [1.82, 2.24) is 5.32 Å². The second kappa shape index (κ2) is 5.94. The maximum atomic E-state index is 3.69. The van der Waals surface area contributed by atoms with Gasteiger partial charge in [-0.15, -0.1) is 0 Å². The first-order valence-electron chi connectivity index (χ1n) is 8.23. The Balaban J connectivity index is 1.80. The van der Waals surface area contributed by atoms with Crippen molar-refractivity contribution in [2.24, 2.45) is 29.1 Å². The molecule has 1 N–H and O–H groups in total. The predicted octanol–water partition coefficient (Wildman–Crippen LogP) is 4.47. The van der Waals surface area contributed by atoms with Crippen LogP contribution in [0.5, 0.6) is 0 Å². The molecule has 1 nitrogen and oxygen atoms in total. The third-order valence-electron chi connectivity index (χ3n) is 5.60. The van der Waals surface area contributed by atoms with Gasteiger partial charge in [0.15, 0.2) is 0 Å². The lowest BCUT2D eigenvalue weighted by Crippen LogP contribution is -2.35. The molecule has 1 heteroatoms.